The van der Waals surface area contributed by atoms with Crippen LogP contribution in [0.2, 0.25) is 0 Å². The molecule has 0 heterocycles. The molecule has 0 unspecified atom stereocenters. The van der Waals surface area contributed by atoms with E-state index in [1.165, 1.54) is 7.11 Å². The van der Waals surface area contributed by atoms with Crippen LogP contribution in [0.5, 0.6) is 17.2 Å². The van der Waals surface area contributed by atoms with Crippen molar-refractivity contribution < 1.29 is 23.7 Å². The molecule has 2 rings (SSSR count). The summed E-state index contributed by atoms with van der Waals surface area (Å²) in [6.07, 6.45) is 0. The number of esters is 1. The average Bonchev–Trinajstić information content (AvgIpc) is 2.66. The number of carbonyl (C=O) groups excluding carboxylic acids is 1. The van der Waals surface area contributed by atoms with Gasteiger partial charge in [-0.25, -0.2) is 4.79 Å². The van der Waals surface area contributed by atoms with Crippen LogP contribution in [0.25, 0.3) is 5.57 Å². The largest absolute Gasteiger partial charge is 0.493 e. The molecule has 6 nitrogen and oxygen atoms in total. The Labute approximate surface area is 147 Å². The zero-order valence-corrected chi connectivity index (χ0v) is 14.7. The number of nitrogens with one attached hydrogen (secondary N) is 1. The maximum Gasteiger partial charge on any atom is 0.337 e. The van der Waals surface area contributed by atoms with E-state index in [-0.39, 0.29) is 0 Å². The predicted octanol–water partition coefficient (Wildman–Crippen LogP) is 3.64. The van der Waals surface area contributed by atoms with Crippen LogP contribution in [-0.4, -0.2) is 34.4 Å². The fraction of sp³-hybridized carbons (Fsp3) is 0.211. The van der Waals surface area contributed by atoms with E-state index in [4.69, 9.17) is 14.2 Å². The summed E-state index contributed by atoms with van der Waals surface area (Å²) in [6, 6.07) is 10.9. The zero-order chi connectivity index (χ0) is 18.4. The lowest BCUT2D eigenvalue weighted by Gasteiger charge is -2.15. The number of ether oxygens (including phenoxy) is 4. The third-order valence-electron chi connectivity index (χ3n) is 3.62. The van der Waals surface area contributed by atoms with Crippen molar-refractivity contribution in [3.05, 3.63) is 48.5 Å². The Hall–Kier alpha value is -3.15. The van der Waals surface area contributed by atoms with Crippen molar-refractivity contribution in [2.75, 3.05) is 33.8 Å². The van der Waals surface area contributed by atoms with E-state index in [1.807, 2.05) is 24.3 Å². The fourth-order valence-corrected chi connectivity index (χ4v) is 2.32. The summed E-state index contributed by atoms with van der Waals surface area (Å²) < 4.78 is 20.7. The topological polar surface area (TPSA) is 66.0 Å². The van der Waals surface area contributed by atoms with E-state index in [0.29, 0.717) is 28.4 Å². The van der Waals surface area contributed by atoms with Crippen LogP contribution in [0.3, 0.4) is 0 Å². The Morgan fingerprint density at radius 1 is 0.880 bits per heavy atom. The van der Waals surface area contributed by atoms with E-state index in [9.17, 15) is 4.79 Å². The van der Waals surface area contributed by atoms with Gasteiger partial charge in [0.2, 0.25) is 5.75 Å². The van der Waals surface area contributed by atoms with Gasteiger partial charge in [-0.2, -0.15) is 0 Å². The molecule has 0 aromatic heterocycles. The average molecular weight is 343 g/mol. The lowest BCUT2D eigenvalue weighted by atomic mass is 10.1. The summed E-state index contributed by atoms with van der Waals surface area (Å²) >= 11 is 0. The number of anilines is 2. The first-order chi connectivity index (χ1) is 12.0. The molecular weight excluding hydrogens is 322 g/mol. The third kappa shape index (κ3) is 4.03. The highest BCUT2D eigenvalue weighted by atomic mass is 16.5. The Bertz CT molecular complexity index is 743. The second-order valence-electron chi connectivity index (χ2n) is 5.09. The first-order valence-electron chi connectivity index (χ1n) is 7.48. The Morgan fingerprint density at radius 3 is 1.88 bits per heavy atom. The summed E-state index contributed by atoms with van der Waals surface area (Å²) in [5.41, 5.74) is 2.61. The molecule has 1 N–H and O–H groups in total. The van der Waals surface area contributed by atoms with Crippen LogP contribution in [-0.2, 0) is 9.53 Å². The molecule has 2 aromatic rings. The minimum Gasteiger partial charge on any atom is -0.493 e. The summed E-state index contributed by atoms with van der Waals surface area (Å²) in [4.78, 5) is 11.5. The van der Waals surface area contributed by atoms with Crippen molar-refractivity contribution >= 4 is 22.9 Å². The van der Waals surface area contributed by atoms with Gasteiger partial charge in [0, 0.05) is 23.5 Å². The maximum absolute atomic E-state index is 11.5. The quantitative estimate of drug-likeness (QED) is 0.611. The molecule has 0 saturated carbocycles. The molecule has 132 valence electrons. The number of hydrogen-bond donors (Lipinski definition) is 1. The Balaban J connectivity index is 2.25. The van der Waals surface area contributed by atoms with Gasteiger partial charge in [-0.05, 0) is 17.7 Å². The van der Waals surface area contributed by atoms with Crippen molar-refractivity contribution in [1.29, 1.82) is 0 Å². The number of hydrogen-bond acceptors (Lipinski definition) is 6. The lowest BCUT2D eigenvalue weighted by molar-refractivity contribution is -0.133. The van der Waals surface area contributed by atoms with Crippen LogP contribution in [0, 0.1) is 0 Å². The first-order valence-corrected chi connectivity index (χ1v) is 7.48. The van der Waals surface area contributed by atoms with Crippen molar-refractivity contribution in [1.82, 2.24) is 0 Å². The van der Waals surface area contributed by atoms with E-state index < -0.39 is 5.97 Å². The Morgan fingerprint density at radius 2 is 1.44 bits per heavy atom. The molecule has 0 spiro atoms. The smallest absolute Gasteiger partial charge is 0.337 e. The SMILES string of the molecule is C=C(C(=O)OC)c1ccc(Nc2cc(OC)c(OC)c(OC)c2)cc1. The van der Waals surface area contributed by atoms with Crippen LogP contribution in [0.1, 0.15) is 5.56 Å². The summed E-state index contributed by atoms with van der Waals surface area (Å²) in [6.45, 7) is 3.73. The van der Waals surface area contributed by atoms with E-state index in [0.717, 1.165) is 11.4 Å². The van der Waals surface area contributed by atoms with Crippen LogP contribution < -0.4 is 19.5 Å². The Kier molecular flexibility index (Phi) is 5.89. The summed E-state index contributed by atoms with van der Waals surface area (Å²) in [5, 5.41) is 3.25. The first kappa shape index (κ1) is 18.2. The van der Waals surface area contributed by atoms with Crippen molar-refractivity contribution in [2.45, 2.75) is 0 Å². The zero-order valence-electron chi connectivity index (χ0n) is 14.7. The molecule has 0 atom stereocenters. The van der Waals surface area contributed by atoms with Gasteiger partial charge in [0.1, 0.15) is 0 Å². The standard InChI is InChI=1S/C19H21NO5/c1-12(19(21)25-5)13-6-8-14(9-7-13)20-15-10-16(22-2)18(24-4)17(11-15)23-3/h6-11,20H,1H2,2-5H3. The van der Waals surface area contributed by atoms with Gasteiger partial charge in [-0.1, -0.05) is 18.7 Å². The van der Waals surface area contributed by atoms with Crippen molar-refractivity contribution in [3.8, 4) is 17.2 Å². The van der Waals surface area contributed by atoms with Gasteiger partial charge in [-0.3, -0.25) is 0 Å². The highest BCUT2D eigenvalue weighted by molar-refractivity contribution is 6.15. The molecule has 25 heavy (non-hydrogen) atoms. The molecule has 0 aliphatic heterocycles. The molecule has 0 fully saturated rings. The second kappa shape index (κ2) is 8.10. The van der Waals surface area contributed by atoms with Crippen LogP contribution in [0.15, 0.2) is 43.0 Å². The third-order valence-corrected chi connectivity index (χ3v) is 3.62. The second-order valence-corrected chi connectivity index (χ2v) is 5.09. The van der Waals surface area contributed by atoms with Crippen molar-refractivity contribution in [2.24, 2.45) is 0 Å². The van der Waals surface area contributed by atoms with E-state index >= 15 is 0 Å². The van der Waals surface area contributed by atoms with Crippen LogP contribution >= 0.6 is 0 Å². The van der Waals surface area contributed by atoms with Gasteiger partial charge < -0.3 is 24.3 Å². The van der Waals surface area contributed by atoms with E-state index in [1.54, 1.807) is 33.5 Å². The van der Waals surface area contributed by atoms with Gasteiger partial charge in [0.15, 0.2) is 11.5 Å². The number of carbonyl (C=O) groups is 1. The molecular formula is C19H21NO5. The molecule has 2 aromatic carbocycles. The van der Waals surface area contributed by atoms with Crippen LogP contribution in [0.4, 0.5) is 11.4 Å². The van der Waals surface area contributed by atoms with Gasteiger partial charge >= 0.3 is 5.97 Å². The highest BCUT2D eigenvalue weighted by Crippen LogP contribution is 2.40. The minimum atomic E-state index is -0.453. The number of benzene rings is 2. The monoisotopic (exact) mass is 343 g/mol. The molecule has 6 heteroatoms. The normalized spacial score (nSPS) is 9.92. The molecule has 0 bridgehead atoms. The fourth-order valence-electron chi connectivity index (χ4n) is 2.32. The number of rotatable bonds is 7. The molecule has 0 radical (unpaired) electrons. The lowest BCUT2D eigenvalue weighted by Crippen LogP contribution is -2.02. The van der Waals surface area contributed by atoms with E-state index in [2.05, 4.69) is 16.6 Å². The predicted molar refractivity (Wildman–Crippen MR) is 96.9 cm³/mol. The van der Waals surface area contributed by atoms with Crippen molar-refractivity contribution in [3.63, 3.8) is 0 Å². The summed E-state index contributed by atoms with van der Waals surface area (Å²) in [5.74, 6) is 1.19. The van der Waals surface area contributed by atoms with Gasteiger partial charge in [-0.15, -0.1) is 0 Å². The number of methoxy groups -OCH3 is 4. The molecule has 0 saturated heterocycles. The molecule has 0 aliphatic carbocycles. The molecule has 0 aliphatic rings. The summed E-state index contributed by atoms with van der Waals surface area (Å²) in [7, 11) is 6.01. The maximum atomic E-state index is 11.5. The highest BCUT2D eigenvalue weighted by Gasteiger charge is 2.13. The van der Waals surface area contributed by atoms with Gasteiger partial charge in [0.05, 0.1) is 34.0 Å². The van der Waals surface area contributed by atoms with Gasteiger partial charge in [0.25, 0.3) is 0 Å². The molecule has 0 amide bonds. The minimum absolute atomic E-state index is 0.307.